The van der Waals surface area contributed by atoms with E-state index in [1.807, 2.05) is 30.3 Å². The topological polar surface area (TPSA) is 70.1 Å². The number of nitrogens with zero attached hydrogens (tertiary/aromatic N) is 2. The third kappa shape index (κ3) is 7.61. The van der Waals surface area contributed by atoms with Crippen LogP contribution >= 0.6 is 0 Å². The fourth-order valence-electron chi connectivity index (χ4n) is 5.34. The summed E-state index contributed by atoms with van der Waals surface area (Å²) < 4.78 is 65.9. The molecule has 0 bridgehead atoms. The van der Waals surface area contributed by atoms with Crippen LogP contribution in [0.1, 0.15) is 50.7 Å². The van der Waals surface area contributed by atoms with Gasteiger partial charge in [0.15, 0.2) is 0 Å². The van der Waals surface area contributed by atoms with Crippen molar-refractivity contribution in [3.8, 4) is 5.75 Å². The molecule has 2 aromatic rings. The summed E-state index contributed by atoms with van der Waals surface area (Å²) in [6.07, 6.45) is 7.01. The van der Waals surface area contributed by atoms with Gasteiger partial charge in [0.1, 0.15) is 5.75 Å². The Kier molecular flexibility index (Phi) is 9.99. The fraction of sp³-hybridized carbons (Fsp3) is 0.419. The first-order valence-electron chi connectivity index (χ1n) is 13.9. The molecule has 1 saturated heterocycles. The number of aliphatic hydroxyl groups is 1. The molecular weight excluding hydrogens is 553 g/mol. The molecule has 6 nitrogen and oxygen atoms in total. The standard InChI is InChI=1S/C31H37F3N2O4S/c1-23(2)35-18-20-36(21-19-35)27-14-10-25(11-15-27)30(29(9-6-22-37)24-7-4-3-5-8-24)26-12-16-28(17-13-26)40-41(38,39)31(32,33)34/h3-5,7-8,10,12-14,16-17,23,37H,6,9,11,15,18-22H2,1-2H3/b30-29+. The lowest BCUT2D eigenvalue weighted by molar-refractivity contribution is -0.0500. The van der Waals surface area contributed by atoms with Crippen molar-refractivity contribution in [1.29, 1.82) is 0 Å². The minimum absolute atomic E-state index is 0.0111. The molecule has 1 aliphatic heterocycles. The second-order valence-electron chi connectivity index (χ2n) is 10.5. The first-order chi connectivity index (χ1) is 19.5. The molecule has 0 aromatic heterocycles. The highest BCUT2D eigenvalue weighted by Crippen LogP contribution is 2.40. The van der Waals surface area contributed by atoms with Crippen LogP contribution in [0, 0.1) is 0 Å². The molecule has 4 rings (SSSR count). The zero-order valence-corrected chi connectivity index (χ0v) is 24.2. The SMILES string of the molecule is CC(C)N1CCN(C2=CC=C(/C(=C(/CCCO)c3ccccc3)c3ccc(OS(=O)(=O)C(F)(F)F)cc3)CC2)CC1. The molecule has 1 aliphatic carbocycles. The van der Waals surface area contributed by atoms with Gasteiger partial charge in [-0.3, -0.25) is 4.90 Å². The van der Waals surface area contributed by atoms with Crippen LogP contribution in [-0.4, -0.2) is 67.7 Å². The summed E-state index contributed by atoms with van der Waals surface area (Å²) in [5, 5.41) is 9.65. The number of rotatable bonds is 10. The maximum absolute atomic E-state index is 12.8. The Bertz CT molecular complexity index is 1370. The van der Waals surface area contributed by atoms with Crippen LogP contribution < -0.4 is 4.18 Å². The lowest BCUT2D eigenvalue weighted by Crippen LogP contribution is -2.48. The van der Waals surface area contributed by atoms with E-state index in [0.717, 1.165) is 66.9 Å². The van der Waals surface area contributed by atoms with Crippen LogP contribution in [0.4, 0.5) is 13.2 Å². The van der Waals surface area contributed by atoms with Gasteiger partial charge in [-0.25, -0.2) is 0 Å². The molecule has 0 saturated carbocycles. The highest BCUT2D eigenvalue weighted by atomic mass is 32.2. The van der Waals surface area contributed by atoms with Gasteiger partial charge < -0.3 is 14.2 Å². The van der Waals surface area contributed by atoms with Gasteiger partial charge in [0.2, 0.25) is 0 Å². The molecule has 0 atom stereocenters. The Balaban J connectivity index is 1.71. The van der Waals surface area contributed by atoms with Crippen molar-refractivity contribution in [1.82, 2.24) is 9.80 Å². The van der Waals surface area contributed by atoms with E-state index in [1.165, 1.54) is 17.8 Å². The first-order valence-corrected chi connectivity index (χ1v) is 15.3. The summed E-state index contributed by atoms with van der Waals surface area (Å²) >= 11 is 0. The van der Waals surface area contributed by atoms with E-state index < -0.39 is 21.4 Å². The molecule has 41 heavy (non-hydrogen) atoms. The van der Waals surface area contributed by atoms with Gasteiger partial charge in [-0.2, -0.15) is 21.6 Å². The Morgan fingerprint density at radius 2 is 1.59 bits per heavy atom. The summed E-state index contributed by atoms with van der Waals surface area (Å²) in [6.45, 7) is 8.44. The lowest BCUT2D eigenvalue weighted by atomic mass is 9.83. The minimum atomic E-state index is -5.77. The second kappa shape index (κ2) is 13.3. The van der Waals surface area contributed by atoms with Gasteiger partial charge in [-0.1, -0.05) is 48.5 Å². The number of piperazine rings is 1. The Morgan fingerprint density at radius 1 is 0.927 bits per heavy atom. The number of hydrogen-bond donors (Lipinski definition) is 1. The highest BCUT2D eigenvalue weighted by Gasteiger charge is 2.48. The molecule has 222 valence electrons. The molecule has 10 heteroatoms. The lowest BCUT2D eigenvalue weighted by Gasteiger charge is -2.40. The third-order valence-corrected chi connectivity index (χ3v) is 8.52. The van der Waals surface area contributed by atoms with Crippen LogP contribution in [0.25, 0.3) is 11.1 Å². The van der Waals surface area contributed by atoms with E-state index in [0.29, 0.717) is 18.9 Å². The van der Waals surface area contributed by atoms with Crippen molar-refractivity contribution in [3.63, 3.8) is 0 Å². The minimum Gasteiger partial charge on any atom is -0.396 e. The number of halogens is 3. The molecule has 0 radical (unpaired) electrons. The second-order valence-corrected chi connectivity index (χ2v) is 12.1. The molecule has 0 amide bonds. The van der Waals surface area contributed by atoms with Crippen LogP contribution in [-0.2, 0) is 10.1 Å². The van der Waals surface area contributed by atoms with Crippen molar-refractivity contribution < 1.29 is 30.9 Å². The van der Waals surface area contributed by atoms with Gasteiger partial charge >= 0.3 is 15.6 Å². The van der Waals surface area contributed by atoms with E-state index in [1.54, 1.807) is 12.1 Å². The largest absolute Gasteiger partial charge is 0.534 e. The highest BCUT2D eigenvalue weighted by molar-refractivity contribution is 7.88. The maximum Gasteiger partial charge on any atom is 0.534 e. The van der Waals surface area contributed by atoms with Gasteiger partial charge in [0.05, 0.1) is 0 Å². The predicted octanol–water partition coefficient (Wildman–Crippen LogP) is 6.23. The van der Waals surface area contributed by atoms with Crippen LogP contribution in [0.5, 0.6) is 5.75 Å². The molecule has 1 N–H and O–H groups in total. The van der Waals surface area contributed by atoms with Gasteiger partial charge in [-0.15, -0.1) is 0 Å². The first kappa shape index (κ1) is 30.9. The number of hydrogen-bond acceptors (Lipinski definition) is 6. The molecule has 0 unspecified atom stereocenters. The molecule has 0 spiro atoms. The van der Waals surface area contributed by atoms with Crippen molar-refractivity contribution in [2.75, 3.05) is 32.8 Å². The summed E-state index contributed by atoms with van der Waals surface area (Å²) in [6, 6.07) is 16.0. The number of benzene rings is 2. The number of alkyl halides is 3. The average molecular weight is 591 g/mol. The van der Waals surface area contributed by atoms with E-state index in [2.05, 4.69) is 40.0 Å². The quantitative estimate of drug-likeness (QED) is 0.201. The van der Waals surface area contributed by atoms with E-state index in [9.17, 15) is 26.7 Å². The molecule has 2 aliphatic rings. The molecule has 1 heterocycles. The summed E-state index contributed by atoms with van der Waals surface area (Å²) in [4.78, 5) is 4.91. The Hall–Kier alpha value is -3.08. The number of allylic oxidation sites excluding steroid dienone is 6. The van der Waals surface area contributed by atoms with Crippen molar-refractivity contribution >= 4 is 21.3 Å². The smallest absolute Gasteiger partial charge is 0.396 e. The van der Waals surface area contributed by atoms with Crippen LogP contribution in [0.3, 0.4) is 0 Å². The van der Waals surface area contributed by atoms with Crippen molar-refractivity contribution in [2.45, 2.75) is 51.1 Å². The number of aliphatic hydroxyl groups excluding tert-OH is 1. The van der Waals surface area contributed by atoms with E-state index in [-0.39, 0.29) is 6.61 Å². The fourth-order valence-corrected chi connectivity index (χ4v) is 5.80. The Labute approximate surface area is 240 Å². The van der Waals surface area contributed by atoms with Gasteiger partial charge in [-0.05, 0) is 85.6 Å². The zero-order chi connectivity index (χ0) is 29.6. The van der Waals surface area contributed by atoms with Gasteiger partial charge in [0, 0.05) is 44.5 Å². The Morgan fingerprint density at radius 3 is 2.12 bits per heavy atom. The molecule has 1 fully saturated rings. The van der Waals surface area contributed by atoms with Gasteiger partial charge in [0.25, 0.3) is 0 Å². The monoisotopic (exact) mass is 590 g/mol. The van der Waals surface area contributed by atoms with Crippen molar-refractivity contribution in [3.05, 3.63) is 89.1 Å². The average Bonchev–Trinajstić information content (AvgIpc) is 2.96. The van der Waals surface area contributed by atoms with Crippen LogP contribution in [0.2, 0.25) is 0 Å². The van der Waals surface area contributed by atoms with E-state index >= 15 is 0 Å². The third-order valence-electron chi connectivity index (χ3n) is 7.54. The summed E-state index contributed by atoms with van der Waals surface area (Å²) in [7, 11) is -5.77. The summed E-state index contributed by atoms with van der Waals surface area (Å²) in [5.74, 6) is -0.414. The normalized spacial score (nSPS) is 17.7. The molecular formula is C31H37F3N2O4S. The maximum atomic E-state index is 12.8. The van der Waals surface area contributed by atoms with E-state index in [4.69, 9.17) is 0 Å². The molecule has 2 aromatic carbocycles. The van der Waals surface area contributed by atoms with Crippen molar-refractivity contribution in [2.24, 2.45) is 0 Å². The summed E-state index contributed by atoms with van der Waals surface area (Å²) in [5.41, 5.74) is 0.486. The zero-order valence-electron chi connectivity index (χ0n) is 23.4. The van der Waals surface area contributed by atoms with Crippen LogP contribution in [0.15, 0.2) is 78.0 Å². The predicted molar refractivity (Wildman–Crippen MR) is 155 cm³/mol.